The van der Waals surface area contributed by atoms with Gasteiger partial charge in [-0.3, -0.25) is 0 Å². The highest BCUT2D eigenvalue weighted by atomic mass is 15.3. The number of hydrogen-bond acceptors (Lipinski definition) is 3. The van der Waals surface area contributed by atoms with Crippen LogP contribution in [0.25, 0.3) is 5.69 Å². The van der Waals surface area contributed by atoms with E-state index in [0.717, 1.165) is 17.9 Å². The maximum Gasteiger partial charge on any atom is 0.138 e. The van der Waals surface area contributed by atoms with E-state index in [1.807, 2.05) is 18.2 Å². The summed E-state index contributed by atoms with van der Waals surface area (Å²) in [5.74, 6) is 0. The van der Waals surface area contributed by atoms with Gasteiger partial charge in [-0.25, -0.2) is 9.67 Å². The van der Waals surface area contributed by atoms with Crippen LogP contribution in [-0.2, 0) is 13.6 Å². The Morgan fingerprint density at radius 2 is 2.00 bits per heavy atom. The summed E-state index contributed by atoms with van der Waals surface area (Å²) in [6.07, 6.45) is 3.25. The SMILES string of the molecule is Cc1cc(CNc2ccccc2-n2cncn2)c(C)n1C. The van der Waals surface area contributed by atoms with Gasteiger partial charge in [-0.15, -0.1) is 0 Å². The van der Waals surface area contributed by atoms with Gasteiger partial charge >= 0.3 is 0 Å². The van der Waals surface area contributed by atoms with Crippen LogP contribution in [0.5, 0.6) is 0 Å². The van der Waals surface area contributed by atoms with E-state index >= 15 is 0 Å². The maximum absolute atomic E-state index is 4.20. The molecule has 2 aromatic heterocycles. The molecule has 108 valence electrons. The maximum atomic E-state index is 4.20. The fraction of sp³-hybridized carbons (Fsp3) is 0.250. The lowest BCUT2D eigenvalue weighted by atomic mass is 10.2. The van der Waals surface area contributed by atoms with Crippen LogP contribution in [0, 0.1) is 13.8 Å². The number of nitrogens with one attached hydrogen (secondary N) is 1. The molecule has 0 bridgehead atoms. The molecule has 0 atom stereocenters. The predicted octanol–water partition coefficient (Wildman–Crippen LogP) is 2.83. The number of hydrogen-bond donors (Lipinski definition) is 1. The summed E-state index contributed by atoms with van der Waals surface area (Å²) < 4.78 is 3.98. The lowest BCUT2D eigenvalue weighted by Gasteiger charge is -2.11. The van der Waals surface area contributed by atoms with Crippen LogP contribution in [0.1, 0.15) is 17.0 Å². The van der Waals surface area contributed by atoms with Crippen molar-refractivity contribution in [2.75, 3.05) is 5.32 Å². The molecule has 0 fully saturated rings. The molecule has 5 heteroatoms. The van der Waals surface area contributed by atoms with E-state index in [9.17, 15) is 0 Å². The van der Waals surface area contributed by atoms with Crippen LogP contribution in [-0.4, -0.2) is 19.3 Å². The first-order valence-electron chi connectivity index (χ1n) is 6.96. The highest BCUT2D eigenvalue weighted by molar-refractivity contribution is 5.60. The van der Waals surface area contributed by atoms with E-state index in [1.54, 1.807) is 17.3 Å². The Morgan fingerprint density at radius 1 is 1.19 bits per heavy atom. The van der Waals surface area contributed by atoms with E-state index in [2.05, 4.69) is 53.0 Å². The number of rotatable bonds is 4. The molecule has 0 unspecified atom stereocenters. The number of aromatic nitrogens is 4. The van der Waals surface area contributed by atoms with Gasteiger partial charge in [0.15, 0.2) is 0 Å². The molecule has 0 spiro atoms. The number of nitrogens with zero attached hydrogens (tertiary/aromatic N) is 4. The predicted molar refractivity (Wildman–Crippen MR) is 83.6 cm³/mol. The smallest absolute Gasteiger partial charge is 0.138 e. The molecule has 3 aromatic rings. The Hall–Kier alpha value is -2.56. The number of para-hydroxylation sites is 2. The first kappa shape index (κ1) is 13.4. The molecule has 21 heavy (non-hydrogen) atoms. The minimum Gasteiger partial charge on any atom is -0.379 e. The molecule has 1 N–H and O–H groups in total. The molecule has 0 saturated heterocycles. The third-order valence-corrected chi connectivity index (χ3v) is 3.92. The zero-order chi connectivity index (χ0) is 14.8. The van der Waals surface area contributed by atoms with Crippen molar-refractivity contribution in [2.45, 2.75) is 20.4 Å². The summed E-state index contributed by atoms with van der Waals surface area (Å²) in [5, 5.41) is 7.70. The number of anilines is 1. The first-order valence-corrected chi connectivity index (χ1v) is 6.96. The van der Waals surface area contributed by atoms with Gasteiger partial charge in [0.05, 0.1) is 11.4 Å². The average Bonchev–Trinajstić information content (AvgIpc) is 3.11. The molecule has 0 aliphatic carbocycles. The number of aryl methyl sites for hydroxylation is 1. The van der Waals surface area contributed by atoms with Crippen molar-refractivity contribution in [1.82, 2.24) is 19.3 Å². The molecule has 0 radical (unpaired) electrons. The Balaban J connectivity index is 1.84. The Labute approximate surface area is 124 Å². The van der Waals surface area contributed by atoms with Gasteiger partial charge in [0.25, 0.3) is 0 Å². The third-order valence-electron chi connectivity index (χ3n) is 3.92. The van der Waals surface area contributed by atoms with Gasteiger partial charge < -0.3 is 9.88 Å². The van der Waals surface area contributed by atoms with Crippen LogP contribution >= 0.6 is 0 Å². The van der Waals surface area contributed by atoms with Crippen molar-refractivity contribution in [3.8, 4) is 5.69 Å². The van der Waals surface area contributed by atoms with E-state index in [0.29, 0.717) is 0 Å². The van der Waals surface area contributed by atoms with E-state index in [1.165, 1.54) is 17.0 Å². The Bertz CT molecular complexity index is 740. The third kappa shape index (κ3) is 2.54. The molecule has 2 heterocycles. The number of benzene rings is 1. The lowest BCUT2D eigenvalue weighted by molar-refractivity contribution is 0.836. The van der Waals surface area contributed by atoms with Crippen LogP contribution in [0.2, 0.25) is 0 Å². The molecule has 0 amide bonds. The molecule has 0 aliphatic rings. The van der Waals surface area contributed by atoms with Crippen molar-refractivity contribution in [1.29, 1.82) is 0 Å². The summed E-state index contributed by atoms with van der Waals surface area (Å²) in [6.45, 7) is 5.06. The van der Waals surface area contributed by atoms with E-state index in [4.69, 9.17) is 0 Å². The fourth-order valence-corrected chi connectivity index (χ4v) is 2.46. The van der Waals surface area contributed by atoms with Gasteiger partial charge in [0, 0.05) is 25.0 Å². The normalized spacial score (nSPS) is 10.8. The van der Waals surface area contributed by atoms with Gasteiger partial charge in [0.2, 0.25) is 0 Å². The summed E-state index contributed by atoms with van der Waals surface area (Å²) in [7, 11) is 2.09. The van der Waals surface area contributed by atoms with Crippen molar-refractivity contribution in [3.05, 3.63) is 59.9 Å². The monoisotopic (exact) mass is 281 g/mol. The minimum absolute atomic E-state index is 0.791. The highest BCUT2D eigenvalue weighted by Gasteiger charge is 2.08. The van der Waals surface area contributed by atoms with Crippen LogP contribution in [0.4, 0.5) is 5.69 Å². The summed E-state index contributed by atoms with van der Waals surface area (Å²) in [4.78, 5) is 4.01. The second-order valence-corrected chi connectivity index (χ2v) is 5.17. The first-order chi connectivity index (χ1) is 10.2. The second-order valence-electron chi connectivity index (χ2n) is 5.17. The topological polar surface area (TPSA) is 47.7 Å². The Kier molecular flexibility index (Phi) is 3.48. The quantitative estimate of drug-likeness (QED) is 0.800. The van der Waals surface area contributed by atoms with Crippen LogP contribution in [0.3, 0.4) is 0 Å². The molecular formula is C16H19N5. The zero-order valence-corrected chi connectivity index (χ0v) is 12.5. The van der Waals surface area contributed by atoms with Crippen molar-refractivity contribution in [3.63, 3.8) is 0 Å². The summed E-state index contributed by atoms with van der Waals surface area (Å²) in [5.41, 5.74) is 5.92. The van der Waals surface area contributed by atoms with Gasteiger partial charge in [-0.05, 0) is 37.6 Å². The average molecular weight is 281 g/mol. The van der Waals surface area contributed by atoms with Crippen molar-refractivity contribution in [2.24, 2.45) is 7.05 Å². The largest absolute Gasteiger partial charge is 0.379 e. The molecule has 3 rings (SSSR count). The standard InChI is InChI=1S/C16H19N5/c1-12-8-14(13(2)20(12)3)9-18-15-6-4-5-7-16(15)21-11-17-10-19-21/h4-8,10-11,18H,9H2,1-3H3. The molecule has 0 saturated carbocycles. The minimum atomic E-state index is 0.791. The molecular weight excluding hydrogens is 262 g/mol. The fourth-order valence-electron chi connectivity index (χ4n) is 2.46. The van der Waals surface area contributed by atoms with E-state index in [-0.39, 0.29) is 0 Å². The summed E-state index contributed by atoms with van der Waals surface area (Å²) in [6, 6.07) is 10.3. The Morgan fingerprint density at radius 3 is 2.67 bits per heavy atom. The molecule has 1 aromatic carbocycles. The van der Waals surface area contributed by atoms with Crippen LogP contribution < -0.4 is 5.32 Å². The van der Waals surface area contributed by atoms with Gasteiger partial charge in [-0.2, -0.15) is 5.10 Å². The summed E-state index contributed by atoms with van der Waals surface area (Å²) >= 11 is 0. The molecule has 5 nitrogen and oxygen atoms in total. The van der Waals surface area contributed by atoms with Crippen LogP contribution in [0.15, 0.2) is 43.0 Å². The van der Waals surface area contributed by atoms with Gasteiger partial charge in [0.1, 0.15) is 12.7 Å². The lowest BCUT2D eigenvalue weighted by Crippen LogP contribution is -2.05. The highest BCUT2D eigenvalue weighted by Crippen LogP contribution is 2.21. The van der Waals surface area contributed by atoms with Crippen molar-refractivity contribution < 1.29 is 0 Å². The van der Waals surface area contributed by atoms with Gasteiger partial charge in [-0.1, -0.05) is 12.1 Å². The second kappa shape index (κ2) is 5.44. The van der Waals surface area contributed by atoms with Crippen molar-refractivity contribution >= 4 is 5.69 Å². The van der Waals surface area contributed by atoms with E-state index < -0.39 is 0 Å². The zero-order valence-electron chi connectivity index (χ0n) is 12.5. The molecule has 0 aliphatic heterocycles.